The van der Waals surface area contributed by atoms with Crippen LogP contribution in [0.1, 0.15) is 16.3 Å². The molecule has 0 N–H and O–H groups in total. The molecule has 0 aliphatic heterocycles. The van der Waals surface area contributed by atoms with Gasteiger partial charge in [-0.3, -0.25) is 8.98 Å². The van der Waals surface area contributed by atoms with E-state index >= 15 is 0 Å². The Morgan fingerprint density at radius 1 is 1.50 bits per heavy atom. The number of carbonyl (C=O) groups excluding carboxylic acids is 1. The molecule has 8 heteroatoms. The number of rotatable bonds is 4. The van der Waals surface area contributed by atoms with Crippen LogP contribution in [0.25, 0.3) is 0 Å². The third-order valence-corrected chi connectivity index (χ3v) is 1.55. The summed E-state index contributed by atoms with van der Waals surface area (Å²) in [6.07, 6.45) is 0.454. The normalized spacial score (nSPS) is 10.6. The van der Waals surface area contributed by atoms with Crippen LogP contribution in [-0.2, 0) is 21.2 Å². The minimum Gasteiger partial charge on any atom is -0.726 e. The van der Waals surface area contributed by atoms with Gasteiger partial charge >= 0.3 is 29.6 Å². The van der Waals surface area contributed by atoms with Gasteiger partial charge in [-0.1, -0.05) is 0 Å². The summed E-state index contributed by atoms with van der Waals surface area (Å²) in [5.74, 6) is 0.142. The van der Waals surface area contributed by atoms with Gasteiger partial charge in [-0.05, 0) is 12.1 Å². The van der Waals surface area contributed by atoms with Crippen LogP contribution in [0.5, 0.6) is 0 Å². The van der Waals surface area contributed by atoms with Crippen molar-refractivity contribution in [1.82, 2.24) is 0 Å². The SMILES string of the molecule is O=Cc1ccc(COS(=O)(=O)[O-])o1.[Na+]. The molecule has 1 aromatic rings. The van der Waals surface area contributed by atoms with Crippen LogP contribution in [0.4, 0.5) is 0 Å². The van der Waals surface area contributed by atoms with Crippen molar-refractivity contribution < 1.29 is 55.9 Å². The summed E-state index contributed by atoms with van der Waals surface area (Å²) in [5.41, 5.74) is 0. The van der Waals surface area contributed by atoms with Gasteiger partial charge in [0.05, 0.1) is 0 Å². The fourth-order valence-corrected chi connectivity index (χ4v) is 0.926. The van der Waals surface area contributed by atoms with Crippen molar-refractivity contribution in [2.75, 3.05) is 0 Å². The minimum absolute atomic E-state index is 0. The molecule has 1 rings (SSSR count). The third-order valence-electron chi connectivity index (χ3n) is 1.14. The molecule has 0 amide bonds. The molecule has 1 heterocycles. The molecular weight excluding hydrogens is 223 g/mol. The Balaban J connectivity index is 0.00000169. The topological polar surface area (TPSA) is 96.6 Å². The fraction of sp³-hybridized carbons (Fsp3) is 0.167. The summed E-state index contributed by atoms with van der Waals surface area (Å²) in [5, 5.41) is 0. The first-order valence-electron chi connectivity index (χ1n) is 3.15. The predicted molar refractivity (Wildman–Crippen MR) is 38.6 cm³/mol. The van der Waals surface area contributed by atoms with Crippen LogP contribution in [0, 0.1) is 0 Å². The van der Waals surface area contributed by atoms with Gasteiger partial charge in [0.15, 0.2) is 12.0 Å². The Morgan fingerprint density at radius 2 is 2.14 bits per heavy atom. The molecule has 14 heavy (non-hydrogen) atoms. The van der Waals surface area contributed by atoms with E-state index in [-0.39, 0.29) is 41.1 Å². The third kappa shape index (κ3) is 4.89. The molecular formula is C6H5NaO6S. The van der Waals surface area contributed by atoms with E-state index in [9.17, 15) is 17.8 Å². The monoisotopic (exact) mass is 228 g/mol. The van der Waals surface area contributed by atoms with Gasteiger partial charge in [-0.15, -0.1) is 0 Å². The quantitative estimate of drug-likeness (QED) is 0.237. The largest absolute Gasteiger partial charge is 1.00 e. The van der Waals surface area contributed by atoms with Gasteiger partial charge < -0.3 is 8.97 Å². The maximum absolute atomic E-state index is 10.1. The first-order chi connectivity index (χ1) is 6.01. The van der Waals surface area contributed by atoms with E-state index in [0.29, 0.717) is 6.29 Å². The molecule has 1 aromatic heterocycles. The summed E-state index contributed by atoms with van der Waals surface area (Å²) >= 11 is 0. The maximum Gasteiger partial charge on any atom is 1.00 e. The van der Waals surface area contributed by atoms with Crippen molar-refractivity contribution in [3.8, 4) is 0 Å². The second-order valence-corrected chi connectivity index (χ2v) is 3.14. The van der Waals surface area contributed by atoms with Crippen molar-refractivity contribution in [3.05, 3.63) is 23.7 Å². The number of aldehydes is 1. The van der Waals surface area contributed by atoms with Crippen molar-refractivity contribution in [1.29, 1.82) is 0 Å². The van der Waals surface area contributed by atoms with Gasteiger partial charge in [0, 0.05) is 0 Å². The van der Waals surface area contributed by atoms with Gasteiger partial charge in [0.1, 0.15) is 12.4 Å². The zero-order valence-corrected chi connectivity index (χ0v) is 10.1. The van der Waals surface area contributed by atoms with E-state index in [0.717, 1.165) is 0 Å². The van der Waals surface area contributed by atoms with E-state index in [4.69, 9.17) is 4.42 Å². The van der Waals surface area contributed by atoms with Crippen LogP contribution in [0.2, 0.25) is 0 Å². The van der Waals surface area contributed by atoms with Gasteiger partial charge in [0.25, 0.3) is 0 Å². The molecule has 0 unspecified atom stereocenters. The Hall–Kier alpha value is -0.180. The first kappa shape index (κ1) is 13.8. The molecule has 72 valence electrons. The average molecular weight is 228 g/mol. The second kappa shape index (κ2) is 5.64. The Labute approximate surface area is 102 Å². The maximum atomic E-state index is 10.1. The van der Waals surface area contributed by atoms with Crippen molar-refractivity contribution in [3.63, 3.8) is 0 Å². The average Bonchev–Trinajstić information content (AvgIpc) is 2.47. The van der Waals surface area contributed by atoms with Crippen LogP contribution in [0.3, 0.4) is 0 Å². The van der Waals surface area contributed by atoms with Crippen molar-refractivity contribution >= 4 is 16.7 Å². The second-order valence-electron chi connectivity index (χ2n) is 2.09. The summed E-state index contributed by atoms with van der Waals surface area (Å²) < 4.78 is 38.6. The zero-order chi connectivity index (χ0) is 9.90. The summed E-state index contributed by atoms with van der Waals surface area (Å²) in [6, 6.07) is 2.68. The number of hydrogen-bond donors (Lipinski definition) is 0. The van der Waals surface area contributed by atoms with E-state index in [2.05, 4.69) is 4.18 Å². The molecule has 0 aliphatic carbocycles. The molecule has 0 radical (unpaired) electrons. The molecule has 0 atom stereocenters. The molecule has 0 spiro atoms. The molecule has 0 saturated heterocycles. The van der Waals surface area contributed by atoms with Crippen molar-refractivity contribution in [2.45, 2.75) is 6.61 Å². The smallest absolute Gasteiger partial charge is 0.726 e. The van der Waals surface area contributed by atoms with E-state index in [1.807, 2.05) is 0 Å². The fourth-order valence-electron chi connectivity index (χ4n) is 0.666. The summed E-state index contributed by atoms with van der Waals surface area (Å²) in [7, 11) is -4.72. The summed E-state index contributed by atoms with van der Waals surface area (Å²) in [4.78, 5) is 10.1. The molecule has 6 nitrogen and oxygen atoms in total. The van der Waals surface area contributed by atoms with Crippen LogP contribution >= 0.6 is 0 Å². The Bertz CT molecular complexity index is 394. The first-order valence-corrected chi connectivity index (χ1v) is 4.49. The summed E-state index contributed by atoms with van der Waals surface area (Å²) in [6.45, 7) is -0.500. The van der Waals surface area contributed by atoms with Crippen LogP contribution in [0.15, 0.2) is 16.5 Å². The molecule has 0 aromatic carbocycles. The molecule has 0 fully saturated rings. The van der Waals surface area contributed by atoms with Crippen LogP contribution < -0.4 is 29.6 Å². The van der Waals surface area contributed by atoms with E-state index < -0.39 is 17.0 Å². The predicted octanol–water partition coefficient (Wildman–Crippen LogP) is -2.93. The molecule has 0 aliphatic rings. The minimum atomic E-state index is -4.72. The molecule has 0 bridgehead atoms. The van der Waals surface area contributed by atoms with Gasteiger partial charge in [-0.25, -0.2) is 8.42 Å². The van der Waals surface area contributed by atoms with Gasteiger partial charge in [-0.2, -0.15) is 0 Å². The standard InChI is InChI=1S/C6H6O6S.Na/c7-3-5-1-2-6(12-5)4-11-13(8,9)10;/h1-3H,4H2,(H,8,9,10);/q;+1/p-1. The Morgan fingerprint density at radius 3 is 2.57 bits per heavy atom. The van der Waals surface area contributed by atoms with Crippen LogP contribution in [-0.4, -0.2) is 19.3 Å². The number of carbonyl (C=O) groups is 1. The van der Waals surface area contributed by atoms with E-state index in [1.54, 1.807) is 0 Å². The van der Waals surface area contributed by atoms with Crippen molar-refractivity contribution in [2.24, 2.45) is 0 Å². The van der Waals surface area contributed by atoms with E-state index in [1.165, 1.54) is 12.1 Å². The number of furan rings is 1. The molecule has 0 saturated carbocycles. The van der Waals surface area contributed by atoms with Gasteiger partial charge in [0.2, 0.25) is 10.4 Å². The number of hydrogen-bond acceptors (Lipinski definition) is 6. The zero-order valence-electron chi connectivity index (χ0n) is 7.30. The Kier molecular flexibility index (Phi) is 5.57.